The van der Waals surface area contributed by atoms with Crippen molar-refractivity contribution in [1.82, 2.24) is 9.62 Å². The number of nitrogens with zero attached hydrogens (tertiary/aromatic N) is 1. The first kappa shape index (κ1) is 18.8. The number of carbonyl (C=O) groups excluding carboxylic acids is 1. The topological polar surface area (TPSA) is 101 Å². The van der Waals surface area contributed by atoms with Gasteiger partial charge in [-0.1, -0.05) is 13.0 Å². The van der Waals surface area contributed by atoms with Gasteiger partial charge in [0.2, 0.25) is 15.9 Å². The van der Waals surface area contributed by atoms with Crippen molar-refractivity contribution in [3.8, 4) is 0 Å². The fraction of sp³-hybridized carbons (Fsp3) is 0.500. The molecule has 1 aromatic rings. The quantitative estimate of drug-likeness (QED) is 0.759. The Hall–Kier alpha value is -1.52. The van der Waals surface area contributed by atoms with E-state index in [1.807, 2.05) is 0 Å². The van der Waals surface area contributed by atoms with E-state index >= 15 is 0 Å². The zero-order valence-electron chi connectivity index (χ0n) is 13.1. The van der Waals surface area contributed by atoms with Crippen LogP contribution in [0.25, 0.3) is 0 Å². The zero-order chi connectivity index (χ0) is 18.0. The Morgan fingerprint density at radius 1 is 1.42 bits per heavy atom. The van der Waals surface area contributed by atoms with Crippen LogP contribution >= 0.6 is 0 Å². The lowest BCUT2D eigenvalue weighted by atomic mass is 10.2. The third-order valence-corrected chi connectivity index (χ3v) is 7.39. The van der Waals surface area contributed by atoms with Crippen molar-refractivity contribution < 1.29 is 26.0 Å². The predicted octanol–water partition coefficient (Wildman–Crippen LogP) is 0.140. The fourth-order valence-electron chi connectivity index (χ4n) is 2.49. The highest BCUT2D eigenvalue weighted by molar-refractivity contribution is 7.91. The van der Waals surface area contributed by atoms with Crippen molar-refractivity contribution in [2.45, 2.75) is 24.3 Å². The first-order chi connectivity index (χ1) is 11.1. The van der Waals surface area contributed by atoms with Crippen LogP contribution in [0.4, 0.5) is 4.39 Å². The Morgan fingerprint density at radius 2 is 2.12 bits per heavy atom. The maximum Gasteiger partial charge on any atom is 0.243 e. The van der Waals surface area contributed by atoms with E-state index in [1.165, 1.54) is 12.1 Å². The maximum atomic E-state index is 13.3. The number of benzene rings is 1. The molecule has 2 rings (SSSR count). The molecule has 1 atom stereocenters. The van der Waals surface area contributed by atoms with Crippen molar-refractivity contribution >= 4 is 25.8 Å². The number of carbonyl (C=O) groups is 1. The van der Waals surface area contributed by atoms with Gasteiger partial charge in [0, 0.05) is 12.6 Å². The van der Waals surface area contributed by atoms with E-state index in [9.17, 15) is 26.0 Å². The summed E-state index contributed by atoms with van der Waals surface area (Å²) >= 11 is 0. The van der Waals surface area contributed by atoms with Gasteiger partial charge in [0.25, 0.3) is 0 Å². The number of nitrogens with one attached hydrogen (secondary N) is 1. The lowest BCUT2D eigenvalue weighted by Gasteiger charge is -2.21. The van der Waals surface area contributed by atoms with Crippen LogP contribution in [0, 0.1) is 5.82 Å². The van der Waals surface area contributed by atoms with Crippen LogP contribution in [0.2, 0.25) is 0 Å². The summed E-state index contributed by atoms with van der Waals surface area (Å²) in [6, 6.07) is 4.04. The minimum Gasteiger partial charge on any atom is -0.351 e. The molecular weight excluding hydrogens is 359 g/mol. The Labute approximate surface area is 140 Å². The van der Waals surface area contributed by atoms with Gasteiger partial charge in [-0.05, 0) is 24.6 Å². The average Bonchev–Trinajstić information content (AvgIpc) is 2.83. The standard InChI is InChI=1S/C14H19FN2O5S2/c1-2-17(24(21,22)13-5-3-4-11(15)8-13)9-14(18)16-12-6-7-23(19,20)10-12/h3-5,8,12H,2,6-7,9-10H2,1H3,(H,16,18)/t12-/m1/s1. The second-order valence-corrected chi connectivity index (χ2v) is 9.72. The zero-order valence-corrected chi connectivity index (χ0v) is 14.7. The molecule has 0 radical (unpaired) electrons. The largest absolute Gasteiger partial charge is 0.351 e. The third-order valence-electron chi connectivity index (χ3n) is 3.70. The number of sulfone groups is 1. The minimum absolute atomic E-state index is 0.0109. The van der Waals surface area contributed by atoms with Crippen LogP contribution in [-0.4, -0.2) is 57.7 Å². The lowest BCUT2D eigenvalue weighted by Crippen LogP contribution is -2.44. The van der Waals surface area contributed by atoms with Gasteiger partial charge in [0.15, 0.2) is 9.84 Å². The summed E-state index contributed by atoms with van der Waals surface area (Å²) in [5, 5.41) is 2.54. The number of rotatable bonds is 6. The van der Waals surface area contributed by atoms with E-state index in [1.54, 1.807) is 6.92 Å². The first-order valence-corrected chi connectivity index (χ1v) is 10.7. The molecule has 1 amide bonds. The molecule has 1 aliphatic heterocycles. The Kier molecular flexibility index (Phi) is 5.61. The van der Waals surface area contributed by atoms with Gasteiger partial charge < -0.3 is 5.32 Å². The summed E-state index contributed by atoms with van der Waals surface area (Å²) in [6.07, 6.45) is 0.316. The van der Waals surface area contributed by atoms with E-state index in [2.05, 4.69) is 5.32 Å². The third kappa shape index (κ3) is 4.52. The normalized spacial score (nSPS) is 20.2. The second kappa shape index (κ2) is 7.16. The van der Waals surface area contributed by atoms with Gasteiger partial charge in [-0.25, -0.2) is 21.2 Å². The summed E-state index contributed by atoms with van der Waals surface area (Å²) in [7, 11) is -7.15. The number of amides is 1. The van der Waals surface area contributed by atoms with Crippen LogP contribution in [0.15, 0.2) is 29.2 Å². The highest BCUT2D eigenvalue weighted by Gasteiger charge is 2.31. The van der Waals surface area contributed by atoms with Crippen LogP contribution in [0.5, 0.6) is 0 Å². The molecule has 0 aromatic heterocycles. The molecule has 10 heteroatoms. The van der Waals surface area contributed by atoms with E-state index in [-0.39, 0.29) is 22.9 Å². The maximum absolute atomic E-state index is 13.3. The van der Waals surface area contributed by atoms with Gasteiger partial charge in [-0.3, -0.25) is 4.79 Å². The molecule has 1 aliphatic rings. The molecule has 1 fully saturated rings. The van der Waals surface area contributed by atoms with Crippen LogP contribution < -0.4 is 5.32 Å². The summed E-state index contributed by atoms with van der Waals surface area (Å²) in [6.45, 7) is 1.13. The summed E-state index contributed by atoms with van der Waals surface area (Å²) in [5.74, 6) is -1.40. The molecule has 1 N–H and O–H groups in total. The average molecular weight is 378 g/mol. The Bertz CT molecular complexity index is 823. The van der Waals surface area contributed by atoms with E-state index in [0.717, 1.165) is 16.4 Å². The van der Waals surface area contributed by atoms with Crippen molar-refractivity contribution in [3.05, 3.63) is 30.1 Å². The summed E-state index contributed by atoms with van der Waals surface area (Å²) in [4.78, 5) is 11.8. The molecule has 1 heterocycles. The Morgan fingerprint density at radius 3 is 2.67 bits per heavy atom. The van der Waals surface area contributed by atoms with Gasteiger partial charge in [-0.2, -0.15) is 4.31 Å². The number of hydrogen-bond donors (Lipinski definition) is 1. The summed E-state index contributed by atoms with van der Waals surface area (Å²) in [5.41, 5.74) is 0. The van der Waals surface area contributed by atoms with Crippen molar-refractivity contribution in [2.75, 3.05) is 24.6 Å². The molecule has 0 aliphatic carbocycles. The van der Waals surface area contributed by atoms with E-state index in [0.29, 0.717) is 6.42 Å². The van der Waals surface area contributed by atoms with E-state index < -0.39 is 44.2 Å². The number of halogens is 1. The number of sulfonamides is 1. The van der Waals surface area contributed by atoms with Gasteiger partial charge >= 0.3 is 0 Å². The smallest absolute Gasteiger partial charge is 0.243 e. The molecule has 1 aromatic carbocycles. The van der Waals surface area contributed by atoms with Gasteiger partial charge in [-0.15, -0.1) is 0 Å². The monoisotopic (exact) mass is 378 g/mol. The highest BCUT2D eigenvalue weighted by atomic mass is 32.2. The molecular formula is C14H19FN2O5S2. The Balaban J connectivity index is 2.07. The highest BCUT2D eigenvalue weighted by Crippen LogP contribution is 2.17. The molecule has 24 heavy (non-hydrogen) atoms. The molecule has 7 nitrogen and oxygen atoms in total. The van der Waals surface area contributed by atoms with Crippen molar-refractivity contribution in [1.29, 1.82) is 0 Å². The molecule has 0 unspecified atom stereocenters. The molecule has 1 saturated heterocycles. The van der Waals surface area contributed by atoms with Gasteiger partial charge in [0.1, 0.15) is 5.82 Å². The van der Waals surface area contributed by atoms with Crippen LogP contribution in [-0.2, 0) is 24.7 Å². The number of likely N-dealkylation sites (N-methyl/N-ethyl adjacent to an activating group) is 1. The first-order valence-electron chi connectivity index (χ1n) is 7.39. The lowest BCUT2D eigenvalue weighted by molar-refractivity contribution is -0.121. The molecule has 0 saturated carbocycles. The predicted molar refractivity (Wildman–Crippen MR) is 86.0 cm³/mol. The van der Waals surface area contributed by atoms with Crippen LogP contribution in [0.1, 0.15) is 13.3 Å². The SMILES string of the molecule is CCN(CC(=O)N[C@@H]1CCS(=O)(=O)C1)S(=O)(=O)c1cccc(F)c1. The molecule has 0 bridgehead atoms. The van der Waals surface area contributed by atoms with Gasteiger partial charge in [0.05, 0.1) is 22.9 Å². The minimum atomic E-state index is -4.01. The fourth-order valence-corrected chi connectivity index (χ4v) is 5.60. The second-order valence-electron chi connectivity index (χ2n) is 5.56. The van der Waals surface area contributed by atoms with E-state index in [4.69, 9.17) is 0 Å². The van der Waals surface area contributed by atoms with Crippen LogP contribution in [0.3, 0.4) is 0 Å². The van der Waals surface area contributed by atoms with Crippen molar-refractivity contribution in [2.24, 2.45) is 0 Å². The van der Waals surface area contributed by atoms with Crippen molar-refractivity contribution in [3.63, 3.8) is 0 Å². The summed E-state index contributed by atoms with van der Waals surface area (Å²) < 4.78 is 61.9. The number of hydrogen-bond acceptors (Lipinski definition) is 5. The molecule has 0 spiro atoms. The molecule has 134 valence electrons.